The lowest BCUT2D eigenvalue weighted by atomic mass is 9.65. The predicted octanol–water partition coefficient (Wildman–Crippen LogP) is 4.03. The molecule has 2 rings (SSSR count). The van der Waals surface area contributed by atoms with Crippen LogP contribution in [0.5, 0.6) is 0 Å². The molecule has 1 heteroatoms. The fraction of sp³-hybridized carbons (Fsp3) is 0.647. The van der Waals surface area contributed by atoms with E-state index in [4.69, 9.17) is 0 Å². The molecule has 0 saturated heterocycles. The molecule has 1 aliphatic carbocycles. The Morgan fingerprint density at radius 2 is 1.94 bits per heavy atom. The number of hydrogen-bond acceptors (Lipinski definition) is 1. The highest BCUT2D eigenvalue weighted by Gasteiger charge is 2.36. The minimum atomic E-state index is 0.487. The Labute approximate surface area is 112 Å². The molecule has 1 N–H and O–H groups in total. The maximum atomic E-state index is 3.58. The van der Waals surface area contributed by atoms with Gasteiger partial charge in [-0.05, 0) is 43.2 Å². The molecule has 0 radical (unpaired) electrons. The molecule has 2 unspecified atom stereocenters. The molecule has 0 aromatic heterocycles. The van der Waals surface area contributed by atoms with Gasteiger partial charge in [0, 0.05) is 6.04 Å². The average Bonchev–Trinajstić information content (AvgIpc) is 2.37. The van der Waals surface area contributed by atoms with Crippen LogP contribution in [0.25, 0.3) is 0 Å². The molecule has 1 nitrogen and oxygen atoms in total. The highest BCUT2D eigenvalue weighted by Crippen LogP contribution is 2.42. The predicted molar refractivity (Wildman–Crippen MR) is 78.7 cm³/mol. The van der Waals surface area contributed by atoms with Crippen molar-refractivity contribution in [1.29, 1.82) is 0 Å². The number of hydrogen-bond donors (Lipinski definition) is 1. The van der Waals surface area contributed by atoms with E-state index in [1.165, 1.54) is 31.2 Å². The second-order valence-corrected chi connectivity index (χ2v) is 6.43. The van der Waals surface area contributed by atoms with Crippen LogP contribution >= 0.6 is 0 Å². The van der Waals surface area contributed by atoms with Crippen LogP contribution < -0.4 is 5.32 Å². The molecule has 1 fully saturated rings. The summed E-state index contributed by atoms with van der Waals surface area (Å²) in [6, 6.07) is 11.5. The molecule has 0 heterocycles. The van der Waals surface area contributed by atoms with Crippen molar-refractivity contribution in [2.24, 2.45) is 11.3 Å². The largest absolute Gasteiger partial charge is 0.316 e. The first-order valence-corrected chi connectivity index (χ1v) is 7.34. The number of rotatable bonds is 4. The molecule has 18 heavy (non-hydrogen) atoms. The van der Waals surface area contributed by atoms with Gasteiger partial charge in [0.2, 0.25) is 0 Å². The maximum absolute atomic E-state index is 3.58. The van der Waals surface area contributed by atoms with E-state index in [1.807, 2.05) is 0 Å². The van der Waals surface area contributed by atoms with Crippen LogP contribution in [0.4, 0.5) is 0 Å². The molecule has 1 aromatic carbocycles. The van der Waals surface area contributed by atoms with Crippen molar-refractivity contribution in [3.05, 3.63) is 35.9 Å². The van der Waals surface area contributed by atoms with E-state index < -0.39 is 0 Å². The summed E-state index contributed by atoms with van der Waals surface area (Å²) in [5, 5.41) is 3.58. The second kappa shape index (κ2) is 5.88. The Kier molecular flexibility index (Phi) is 4.45. The van der Waals surface area contributed by atoms with Crippen LogP contribution in [0.2, 0.25) is 0 Å². The fourth-order valence-corrected chi connectivity index (χ4v) is 3.58. The van der Waals surface area contributed by atoms with Gasteiger partial charge in [0.15, 0.2) is 0 Å². The molecule has 100 valence electrons. The molecule has 0 spiro atoms. The van der Waals surface area contributed by atoms with Gasteiger partial charge < -0.3 is 5.32 Å². The van der Waals surface area contributed by atoms with Crippen molar-refractivity contribution >= 4 is 0 Å². The molecule has 1 aliphatic rings. The minimum Gasteiger partial charge on any atom is -0.316 e. The van der Waals surface area contributed by atoms with Crippen LogP contribution in [0.3, 0.4) is 0 Å². The summed E-state index contributed by atoms with van der Waals surface area (Å²) in [4.78, 5) is 0. The van der Waals surface area contributed by atoms with Crippen LogP contribution in [0.1, 0.15) is 45.1 Å². The molecule has 2 atom stereocenters. The van der Waals surface area contributed by atoms with Crippen LogP contribution in [-0.4, -0.2) is 13.1 Å². The van der Waals surface area contributed by atoms with E-state index in [-0.39, 0.29) is 0 Å². The number of benzene rings is 1. The number of likely N-dealkylation sites (N-methyl/N-ethyl adjacent to an activating group) is 1. The summed E-state index contributed by atoms with van der Waals surface area (Å²) in [5.74, 6) is 0.802. The Morgan fingerprint density at radius 3 is 2.56 bits per heavy atom. The first-order chi connectivity index (χ1) is 8.63. The lowest BCUT2D eigenvalue weighted by Crippen LogP contribution is -2.44. The van der Waals surface area contributed by atoms with E-state index >= 15 is 0 Å². The van der Waals surface area contributed by atoms with Crippen molar-refractivity contribution < 1.29 is 0 Å². The molecule has 0 bridgehead atoms. The topological polar surface area (TPSA) is 12.0 Å². The Balaban J connectivity index is 2.08. The fourth-order valence-electron chi connectivity index (χ4n) is 3.58. The third kappa shape index (κ3) is 3.14. The van der Waals surface area contributed by atoms with Gasteiger partial charge in [0.25, 0.3) is 0 Å². The lowest BCUT2D eigenvalue weighted by Gasteiger charge is -2.43. The highest BCUT2D eigenvalue weighted by molar-refractivity contribution is 5.16. The summed E-state index contributed by atoms with van der Waals surface area (Å²) in [6.45, 7) is 4.90. The first-order valence-electron chi connectivity index (χ1n) is 7.34. The molecular formula is C17H27N. The summed E-state index contributed by atoms with van der Waals surface area (Å²) in [7, 11) is 2.12. The Hall–Kier alpha value is -0.820. The molecule has 0 aliphatic heterocycles. The molecule has 1 aromatic rings. The van der Waals surface area contributed by atoms with E-state index in [0.29, 0.717) is 11.5 Å². The lowest BCUT2D eigenvalue weighted by molar-refractivity contribution is 0.101. The minimum absolute atomic E-state index is 0.487. The van der Waals surface area contributed by atoms with E-state index in [2.05, 4.69) is 56.5 Å². The third-order valence-corrected chi connectivity index (χ3v) is 4.74. The first kappa shape index (κ1) is 13.6. The summed E-state index contributed by atoms with van der Waals surface area (Å²) in [5.41, 5.74) is 1.94. The van der Waals surface area contributed by atoms with E-state index in [9.17, 15) is 0 Å². The van der Waals surface area contributed by atoms with E-state index in [0.717, 1.165) is 12.3 Å². The summed E-state index contributed by atoms with van der Waals surface area (Å²) >= 11 is 0. The zero-order valence-electron chi connectivity index (χ0n) is 12.1. The summed E-state index contributed by atoms with van der Waals surface area (Å²) in [6.07, 6.45) is 6.73. The zero-order valence-corrected chi connectivity index (χ0v) is 12.1. The Morgan fingerprint density at radius 1 is 1.22 bits per heavy atom. The quantitative estimate of drug-likeness (QED) is 0.844. The monoisotopic (exact) mass is 245 g/mol. The Bertz CT molecular complexity index is 355. The van der Waals surface area contributed by atoms with Crippen LogP contribution in [0, 0.1) is 11.3 Å². The maximum Gasteiger partial charge on any atom is 0.0138 e. The van der Waals surface area contributed by atoms with Crippen molar-refractivity contribution in [2.45, 2.75) is 52.0 Å². The van der Waals surface area contributed by atoms with Crippen molar-refractivity contribution in [2.75, 3.05) is 7.05 Å². The van der Waals surface area contributed by atoms with Gasteiger partial charge in [0.05, 0.1) is 0 Å². The third-order valence-electron chi connectivity index (χ3n) is 4.74. The van der Waals surface area contributed by atoms with Gasteiger partial charge >= 0.3 is 0 Å². The molecule has 0 amide bonds. The van der Waals surface area contributed by atoms with Crippen LogP contribution in [0.15, 0.2) is 30.3 Å². The smallest absolute Gasteiger partial charge is 0.0138 e. The normalized spacial score (nSPS) is 24.7. The van der Waals surface area contributed by atoms with Gasteiger partial charge in [0.1, 0.15) is 0 Å². The SMILES string of the molecule is CNC(Cc1ccccc1)C1CCCCC1(C)C. The zero-order chi connectivity index (χ0) is 13.0. The molecular weight excluding hydrogens is 218 g/mol. The van der Waals surface area contributed by atoms with Gasteiger partial charge in [-0.3, -0.25) is 0 Å². The van der Waals surface area contributed by atoms with E-state index in [1.54, 1.807) is 0 Å². The van der Waals surface area contributed by atoms with Crippen LogP contribution in [-0.2, 0) is 6.42 Å². The summed E-state index contributed by atoms with van der Waals surface area (Å²) < 4.78 is 0. The van der Waals surface area contributed by atoms with Crippen molar-refractivity contribution in [3.63, 3.8) is 0 Å². The van der Waals surface area contributed by atoms with Gasteiger partial charge in [-0.15, -0.1) is 0 Å². The van der Waals surface area contributed by atoms with Crippen molar-refractivity contribution in [1.82, 2.24) is 5.32 Å². The van der Waals surface area contributed by atoms with Crippen molar-refractivity contribution in [3.8, 4) is 0 Å². The van der Waals surface area contributed by atoms with Gasteiger partial charge in [-0.2, -0.15) is 0 Å². The average molecular weight is 245 g/mol. The highest BCUT2D eigenvalue weighted by atomic mass is 14.9. The van der Waals surface area contributed by atoms with Gasteiger partial charge in [-0.1, -0.05) is 57.0 Å². The standard InChI is InChI=1S/C17H27N/c1-17(2)12-8-7-11-15(17)16(18-3)13-14-9-5-4-6-10-14/h4-6,9-10,15-16,18H,7-8,11-13H2,1-3H3. The molecule has 1 saturated carbocycles. The van der Waals surface area contributed by atoms with Gasteiger partial charge in [-0.25, -0.2) is 0 Å². The second-order valence-electron chi connectivity index (χ2n) is 6.43. The number of nitrogens with one attached hydrogen (secondary N) is 1.